The molecule has 0 aliphatic carbocycles. The molecule has 0 aromatic heterocycles. The molecule has 24 heavy (non-hydrogen) atoms. The molecule has 2 rings (SSSR count). The van der Waals surface area contributed by atoms with Crippen LogP contribution >= 0.6 is 0 Å². The van der Waals surface area contributed by atoms with Crippen molar-refractivity contribution in [2.24, 2.45) is 0 Å². The van der Waals surface area contributed by atoms with Crippen LogP contribution in [0.25, 0.3) is 0 Å². The van der Waals surface area contributed by atoms with Gasteiger partial charge < -0.3 is 19.5 Å². The molecule has 5 heteroatoms. The van der Waals surface area contributed by atoms with E-state index < -0.39 is 0 Å². The third-order valence-electron chi connectivity index (χ3n) is 3.73. The SMILES string of the molecule is COc1ccc(OCC(=O)NCC(OC)c2ccccc2C)cc1. The highest BCUT2D eigenvalue weighted by Crippen LogP contribution is 2.20. The van der Waals surface area contributed by atoms with Crippen molar-refractivity contribution in [1.29, 1.82) is 0 Å². The van der Waals surface area contributed by atoms with Gasteiger partial charge >= 0.3 is 0 Å². The highest BCUT2D eigenvalue weighted by atomic mass is 16.5. The Morgan fingerprint density at radius 2 is 1.71 bits per heavy atom. The van der Waals surface area contributed by atoms with Gasteiger partial charge in [0.15, 0.2) is 6.61 Å². The molecule has 0 radical (unpaired) electrons. The topological polar surface area (TPSA) is 56.8 Å². The number of hydrogen-bond donors (Lipinski definition) is 1. The van der Waals surface area contributed by atoms with Crippen molar-refractivity contribution in [2.45, 2.75) is 13.0 Å². The second-order valence-corrected chi connectivity index (χ2v) is 5.35. The number of carbonyl (C=O) groups excluding carboxylic acids is 1. The number of aryl methyl sites for hydroxylation is 1. The first kappa shape index (κ1) is 17.8. The summed E-state index contributed by atoms with van der Waals surface area (Å²) >= 11 is 0. The smallest absolute Gasteiger partial charge is 0.258 e. The number of hydrogen-bond acceptors (Lipinski definition) is 4. The van der Waals surface area contributed by atoms with Crippen LogP contribution in [-0.4, -0.2) is 33.3 Å². The standard InChI is InChI=1S/C19H23NO4/c1-14-6-4-5-7-17(14)18(23-3)12-20-19(21)13-24-16-10-8-15(22-2)9-11-16/h4-11,18H,12-13H2,1-3H3,(H,20,21). The van der Waals surface area contributed by atoms with Gasteiger partial charge in [0, 0.05) is 13.7 Å². The fourth-order valence-electron chi connectivity index (χ4n) is 2.35. The molecule has 0 saturated heterocycles. The van der Waals surface area contributed by atoms with Crippen molar-refractivity contribution < 1.29 is 19.0 Å². The predicted molar refractivity (Wildman–Crippen MR) is 92.4 cm³/mol. The van der Waals surface area contributed by atoms with Gasteiger partial charge in [0.2, 0.25) is 0 Å². The van der Waals surface area contributed by atoms with E-state index in [0.717, 1.165) is 16.9 Å². The first-order valence-electron chi connectivity index (χ1n) is 7.76. The normalized spacial score (nSPS) is 11.6. The maximum absolute atomic E-state index is 12.0. The molecule has 1 amide bonds. The molecule has 128 valence electrons. The molecular formula is C19H23NO4. The molecule has 0 fully saturated rings. The summed E-state index contributed by atoms with van der Waals surface area (Å²) in [6.45, 7) is 2.37. The van der Waals surface area contributed by atoms with Gasteiger partial charge in [-0.1, -0.05) is 24.3 Å². The third kappa shape index (κ3) is 4.99. The first-order valence-corrected chi connectivity index (χ1v) is 7.76. The molecule has 0 aliphatic rings. The molecule has 0 spiro atoms. The van der Waals surface area contributed by atoms with E-state index in [1.54, 1.807) is 38.5 Å². The van der Waals surface area contributed by atoms with Gasteiger partial charge in [-0.2, -0.15) is 0 Å². The van der Waals surface area contributed by atoms with Crippen molar-refractivity contribution in [3.8, 4) is 11.5 Å². The van der Waals surface area contributed by atoms with Gasteiger partial charge in [-0.15, -0.1) is 0 Å². The van der Waals surface area contributed by atoms with Gasteiger partial charge in [-0.3, -0.25) is 4.79 Å². The number of nitrogens with one attached hydrogen (secondary N) is 1. The lowest BCUT2D eigenvalue weighted by Gasteiger charge is -2.18. The molecule has 2 aromatic carbocycles. The van der Waals surface area contributed by atoms with Crippen molar-refractivity contribution in [3.05, 3.63) is 59.7 Å². The summed E-state index contributed by atoms with van der Waals surface area (Å²) in [6, 6.07) is 15.1. The number of rotatable bonds is 8. The van der Waals surface area contributed by atoms with Gasteiger partial charge in [-0.05, 0) is 42.3 Å². The highest BCUT2D eigenvalue weighted by molar-refractivity contribution is 5.77. The molecule has 0 saturated carbocycles. The van der Waals surface area contributed by atoms with Crippen molar-refractivity contribution in [2.75, 3.05) is 27.4 Å². The van der Waals surface area contributed by atoms with Crippen LogP contribution in [0.1, 0.15) is 17.2 Å². The maximum atomic E-state index is 12.0. The van der Waals surface area contributed by atoms with Crippen LogP contribution in [0.3, 0.4) is 0 Å². The lowest BCUT2D eigenvalue weighted by Crippen LogP contribution is -2.33. The molecular weight excluding hydrogens is 306 g/mol. The third-order valence-corrected chi connectivity index (χ3v) is 3.73. The van der Waals surface area contributed by atoms with Crippen molar-refractivity contribution in [3.63, 3.8) is 0 Å². The second-order valence-electron chi connectivity index (χ2n) is 5.35. The average molecular weight is 329 g/mol. The number of ether oxygens (including phenoxy) is 3. The van der Waals surface area contributed by atoms with E-state index in [9.17, 15) is 4.79 Å². The Morgan fingerprint density at radius 3 is 2.33 bits per heavy atom. The van der Waals surface area contributed by atoms with Gasteiger partial charge in [0.25, 0.3) is 5.91 Å². The van der Waals surface area contributed by atoms with E-state index in [2.05, 4.69) is 5.32 Å². The minimum absolute atomic E-state index is 0.0451. The Kier molecular flexibility index (Phi) is 6.63. The van der Waals surface area contributed by atoms with Crippen LogP contribution in [0.15, 0.2) is 48.5 Å². The fraction of sp³-hybridized carbons (Fsp3) is 0.316. The molecule has 2 aromatic rings. The molecule has 0 heterocycles. The molecule has 0 aliphatic heterocycles. The van der Waals surface area contributed by atoms with Crippen LogP contribution in [0.2, 0.25) is 0 Å². The summed E-state index contributed by atoms with van der Waals surface area (Å²) in [4.78, 5) is 12.0. The number of methoxy groups -OCH3 is 2. The molecule has 0 bridgehead atoms. The zero-order chi connectivity index (χ0) is 17.4. The van der Waals surface area contributed by atoms with Crippen LogP contribution in [0.4, 0.5) is 0 Å². The fourth-order valence-corrected chi connectivity index (χ4v) is 2.35. The minimum Gasteiger partial charge on any atom is -0.497 e. The minimum atomic E-state index is -0.193. The second kappa shape index (κ2) is 8.93. The predicted octanol–water partition coefficient (Wildman–Crippen LogP) is 2.89. The summed E-state index contributed by atoms with van der Waals surface area (Å²) < 4.78 is 16.0. The molecule has 5 nitrogen and oxygen atoms in total. The average Bonchev–Trinajstić information content (AvgIpc) is 2.62. The van der Waals surface area contributed by atoms with Crippen LogP contribution in [0, 0.1) is 6.92 Å². The van der Waals surface area contributed by atoms with Crippen LogP contribution in [-0.2, 0) is 9.53 Å². The summed E-state index contributed by atoms with van der Waals surface area (Å²) in [5.41, 5.74) is 2.20. The Bertz CT molecular complexity index is 655. The van der Waals surface area contributed by atoms with Crippen LogP contribution in [0.5, 0.6) is 11.5 Å². The van der Waals surface area contributed by atoms with E-state index in [1.165, 1.54) is 0 Å². The summed E-state index contributed by atoms with van der Waals surface area (Å²) in [7, 11) is 3.24. The summed E-state index contributed by atoms with van der Waals surface area (Å²) in [5.74, 6) is 1.17. The summed E-state index contributed by atoms with van der Waals surface area (Å²) in [5, 5.41) is 2.84. The zero-order valence-electron chi connectivity index (χ0n) is 14.2. The Morgan fingerprint density at radius 1 is 1.04 bits per heavy atom. The zero-order valence-corrected chi connectivity index (χ0v) is 14.2. The summed E-state index contributed by atoms with van der Waals surface area (Å²) in [6.07, 6.45) is -0.184. The quantitative estimate of drug-likeness (QED) is 0.809. The Hall–Kier alpha value is -2.53. The van der Waals surface area contributed by atoms with E-state index in [0.29, 0.717) is 12.3 Å². The van der Waals surface area contributed by atoms with Gasteiger partial charge in [0.1, 0.15) is 11.5 Å². The lowest BCUT2D eigenvalue weighted by molar-refractivity contribution is -0.123. The first-order chi connectivity index (χ1) is 11.6. The monoisotopic (exact) mass is 329 g/mol. The van der Waals surface area contributed by atoms with E-state index >= 15 is 0 Å². The maximum Gasteiger partial charge on any atom is 0.258 e. The van der Waals surface area contributed by atoms with Crippen molar-refractivity contribution in [1.82, 2.24) is 5.32 Å². The van der Waals surface area contributed by atoms with Crippen molar-refractivity contribution >= 4 is 5.91 Å². The van der Waals surface area contributed by atoms with Gasteiger partial charge in [-0.25, -0.2) is 0 Å². The van der Waals surface area contributed by atoms with Gasteiger partial charge in [0.05, 0.1) is 13.2 Å². The molecule has 1 atom stereocenters. The largest absolute Gasteiger partial charge is 0.497 e. The lowest BCUT2D eigenvalue weighted by atomic mass is 10.0. The molecule has 1 unspecified atom stereocenters. The van der Waals surface area contributed by atoms with E-state index in [4.69, 9.17) is 14.2 Å². The van der Waals surface area contributed by atoms with E-state index in [-0.39, 0.29) is 18.6 Å². The van der Waals surface area contributed by atoms with Crippen LogP contribution < -0.4 is 14.8 Å². The Balaban J connectivity index is 1.82. The number of benzene rings is 2. The highest BCUT2D eigenvalue weighted by Gasteiger charge is 2.14. The number of amides is 1. The number of carbonyl (C=O) groups is 1. The molecule has 1 N–H and O–H groups in total. The Labute approximate surface area is 142 Å². The van der Waals surface area contributed by atoms with E-state index in [1.807, 2.05) is 31.2 Å².